The number of hydrogen-bond acceptors (Lipinski definition) is 2. The normalized spacial score (nSPS) is 21.5. The van der Waals surface area contributed by atoms with Gasteiger partial charge in [-0.1, -0.05) is 42.5 Å². The van der Waals surface area contributed by atoms with Crippen molar-refractivity contribution in [1.29, 1.82) is 0 Å². The summed E-state index contributed by atoms with van der Waals surface area (Å²) in [5, 5.41) is 3.40. The molecule has 2 rings (SSSR count). The highest BCUT2D eigenvalue weighted by atomic mass is 16.5. The van der Waals surface area contributed by atoms with E-state index in [1.807, 2.05) is 6.07 Å². The lowest BCUT2D eigenvalue weighted by molar-refractivity contribution is 0.0659. The molecule has 2 nitrogen and oxygen atoms in total. The third kappa shape index (κ3) is 4.72. The molecule has 1 aromatic rings. The first-order chi connectivity index (χ1) is 8.45. The second kappa shape index (κ2) is 7.25. The summed E-state index contributed by atoms with van der Waals surface area (Å²) < 4.78 is 5.86. The van der Waals surface area contributed by atoms with Gasteiger partial charge in [-0.15, -0.1) is 0 Å². The predicted octanol–water partition coefficient (Wildman–Crippen LogP) is 2.86. The van der Waals surface area contributed by atoms with Crippen LogP contribution in [0.3, 0.4) is 0 Å². The van der Waals surface area contributed by atoms with Crippen LogP contribution in [0.5, 0.6) is 0 Å². The Balaban J connectivity index is 1.70. The average molecular weight is 231 g/mol. The van der Waals surface area contributed by atoms with E-state index in [2.05, 4.69) is 41.7 Å². The van der Waals surface area contributed by atoms with Crippen LogP contribution < -0.4 is 5.32 Å². The van der Waals surface area contributed by atoms with Crippen LogP contribution in [0.1, 0.15) is 24.8 Å². The fourth-order valence-corrected chi connectivity index (χ4v) is 2.09. The molecule has 1 aromatic carbocycles. The minimum Gasteiger partial charge on any atom is -0.374 e. The van der Waals surface area contributed by atoms with E-state index < -0.39 is 0 Å². The molecule has 0 saturated carbocycles. The van der Waals surface area contributed by atoms with E-state index in [0.29, 0.717) is 6.10 Å². The Hall–Kier alpha value is -1.12. The van der Waals surface area contributed by atoms with Crippen LogP contribution in [0, 0.1) is 0 Å². The first kappa shape index (κ1) is 12.3. The van der Waals surface area contributed by atoms with Crippen LogP contribution in [-0.2, 0) is 4.74 Å². The van der Waals surface area contributed by atoms with Crippen LogP contribution >= 0.6 is 0 Å². The van der Waals surface area contributed by atoms with E-state index >= 15 is 0 Å². The molecule has 1 fully saturated rings. The molecule has 0 bridgehead atoms. The molecule has 1 aliphatic heterocycles. The second-order valence-electron chi connectivity index (χ2n) is 4.45. The van der Waals surface area contributed by atoms with E-state index in [9.17, 15) is 0 Å². The van der Waals surface area contributed by atoms with Gasteiger partial charge in [0.1, 0.15) is 0 Å². The first-order valence-electron chi connectivity index (χ1n) is 6.49. The minimum atomic E-state index is 0.436. The molecule has 2 heteroatoms. The van der Waals surface area contributed by atoms with Gasteiger partial charge in [0.2, 0.25) is 0 Å². The Kier molecular flexibility index (Phi) is 5.27. The van der Waals surface area contributed by atoms with Crippen LogP contribution in [-0.4, -0.2) is 25.8 Å². The van der Waals surface area contributed by atoms with Gasteiger partial charge in [-0.3, -0.25) is 0 Å². The highest BCUT2D eigenvalue weighted by molar-refractivity contribution is 5.48. The molecule has 1 atom stereocenters. The summed E-state index contributed by atoms with van der Waals surface area (Å²) in [4.78, 5) is 0. The molecule has 1 aliphatic rings. The zero-order valence-corrected chi connectivity index (χ0v) is 10.3. The van der Waals surface area contributed by atoms with Crippen molar-refractivity contribution in [1.82, 2.24) is 5.32 Å². The van der Waals surface area contributed by atoms with Gasteiger partial charge in [0, 0.05) is 0 Å². The van der Waals surface area contributed by atoms with Gasteiger partial charge in [0.15, 0.2) is 0 Å². The summed E-state index contributed by atoms with van der Waals surface area (Å²) in [5.74, 6) is 0. The van der Waals surface area contributed by atoms with Crippen LogP contribution in [0.4, 0.5) is 0 Å². The van der Waals surface area contributed by atoms with Gasteiger partial charge in [-0.05, 0) is 37.9 Å². The number of benzene rings is 1. The van der Waals surface area contributed by atoms with Crippen molar-refractivity contribution in [3.05, 3.63) is 42.0 Å². The SMILES string of the molecule is C(=Cc1ccccc1)COC1CCCNCC1. The van der Waals surface area contributed by atoms with Gasteiger partial charge in [0.25, 0.3) is 0 Å². The maximum Gasteiger partial charge on any atom is 0.0654 e. The molecular weight excluding hydrogens is 210 g/mol. The maximum absolute atomic E-state index is 5.86. The zero-order valence-electron chi connectivity index (χ0n) is 10.3. The summed E-state index contributed by atoms with van der Waals surface area (Å²) >= 11 is 0. The van der Waals surface area contributed by atoms with Crippen molar-refractivity contribution in [2.24, 2.45) is 0 Å². The zero-order chi connectivity index (χ0) is 11.8. The van der Waals surface area contributed by atoms with Crippen LogP contribution in [0.2, 0.25) is 0 Å². The predicted molar refractivity (Wildman–Crippen MR) is 71.9 cm³/mol. The largest absolute Gasteiger partial charge is 0.374 e. The van der Waals surface area contributed by atoms with Crippen molar-refractivity contribution in [3.8, 4) is 0 Å². The molecule has 1 N–H and O–H groups in total. The van der Waals surface area contributed by atoms with E-state index in [4.69, 9.17) is 4.74 Å². The monoisotopic (exact) mass is 231 g/mol. The van der Waals surface area contributed by atoms with Gasteiger partial charge < -0.3 is 10.1 Å². The molecule has 0 radical (unpaired) electrons. The molecular formula is C15H21NO. The van der Waals surface area contributed by atoms with Crippen molar-refractivity contribution < 1.29 is 4.74 Å². The molecule has 0 spiro atoms. The summed E-state index contributed by atoms with van der Waals surface area (Å²) in [5.41, 5.74) is 1.23. The Morgan fingerprint density at radius 2 is 2.06 bits per heavy atom. The van der Waals surface area contributed by atoms with E-state index in [1.165, 1.54) is 18.4 Å². The topological polar surface area (TPSA) is 21.3 Å². The fraction of sp³-hybridized carbons (Fsp3) is 0.467. The van der Waals surface area contributed by atoms with Gasteiger partial charge >= 0.3 is 0 Å². The van der Waals surface area contributed by atoms with Crippen molar-refractivity contribution in [3.63, 3.8) is 0 Å². The first-order valence-corrected chi connectivity index (χ1v) is 6.49. The van der Waals surface area contributed by atoms with Crippen molar-refractivity contribution in [2.45, 2.75) is 25.4 Å². The third-order valence-electron chi connectivity index (χ3n) is 3.06. The van der Waals surface area contributed by atoms with Gasteiger partial charge in [-0.2, -0.15) is 0 Å². The number of ether oxygens (including phenoxy) is 1. The smallest absolute Gasteiger partial charge is 0.0654 e. The summed E-state index contributed by atoms with van der Waals surface area (Å²) in [6.07, 6.45) is 8.21. The average Bonchev–Trinajstić information content (AvgIpc) is 2.65. The molecule has 1 unspecified atom stereocenters. The van der Waals surface area contributed by atoms with Crippen LogP contribution in [0.25, 0.3) is 6.08 Å². The van der Waals surface area contributed by atoms with Gasteiger partial charge in [-0.25, -0.2) is 0 Å². The Bertz CT molecular complexity index is 326. The lowest BCUT2D eigenvalue weighted by atomic mass is 10.1. The Labute approximate surface area is 104 Å². The third-order valence-corrected chi connectivity index (χ3v) is 3.06. The standard InChI is InChI=1S/C15H21NO/c1-2-6-14(7-3-1)8-5-13-17-15-9-4-11-16-12-10-15/h1-3,5-8,15-16H,4,9-13H2. The second-order valence-corrected chi connectivity index (χ2v) is 4.45. The van der Waals surface area contributed by atoms with Crippen LogP contribution in [0.15, 0.2) is 36.4 Å². The van der Waals surface area contributed by atoms with Gasteiger partial charge in [0.05, 0.1) is 12.7 Å². The fourth-order valence-electron chi connectivity index (χ4n) is 2.09. The summed E-state index contributed by atoms with van der Waals surface area (Å²) in [7, 11) is 0. The molecule has 0 amide bonds. The molecule has 1 saturated heterocycles. The molecule has 17 heavy (non-hydrogen) atoms. The van der Waals surface area contributed by atoms with Crippen molar-refractivity contribution in [2.75, 3.05) is 19.7 Å². The quantitative estimate of drug-likeness (QED) is 0.860. The highest BCUT2D eigenvalue weighted by Gasteiger charge is 2.10. The van der Waals surface area contributed by atoms with E-state index in [0.717, 1.165) is 26.1 Å². The highest BCUT2D eigenvalue weighted by Crippen LogP contribution is 2.09. The number of hydrogen-bond donors (Lipinski definition) is 1. The van der Waals surface area contributed by atoms with E-state index in [-0.39, 0.29) is 0 Å². The molecule has 1 heterocycles. The number of rotatable bonds is 4. The number of nitrogens with one attached hydrogen (secondary N) is 1. The molecule has 0 aromatic heterocycles. The summed E-state index contributed by atoms with van der Waals surface area (Å²) in [6.45, 7) is 2.95. The lowest BCUT2D eigenvalue weighted by Crippen LogP contribution is -2.17. The Morgan fingerprint density at radius 3 is 2.94 bits per heavy atom. The Morgan fingerprint density at radius 1 is 1.18 bits per heavy atom. The summed E-state index contributed by atoms with van der Waals surface area (Å²) in [6, 6.07) is 10.3. The molecule has 92 valence electrons. The lowest BCUT2D eigenvalue weighted by Gasteiger charge is -2.13. The van der Waals surface area contributed by atoms with E-state index in [1.54, 1.807) is 0 Å². The molecule has 0 aliphatic carbocycles. The minimum absolute atomic E-state index is 0.436. The van der Waals surface area contributed by atoms with Crippen molar-refractivity contribution >= 4 is 6.08 Å². The maximum atomic E-state index is 5.86.